The number of rotatable bonds is 1. The maximum Gasteiger partial charge on any atom is 0.141 e. The Kier molecular flexibility index (Phi) is 7.10. The van der Waals surface area contributed by atoms with Crippen LogP contribution in [0.5, 0.6) is 0 Å². The molecule has 0 aliphatic rings. The molecule has 3 aromatic rings. The standard InChI is InChI=1S/C14H14N2.C4H10.C2H6/c1-10(2)13-11-6-3-4-7-12(11)16-9-5-8-15-14(13)16;1-4(2)3;1-2/h3-10H,1-2H3;4H,1-3H3;1-2H3. The predicted molar refractivity (Wildman–Crippen MR) is 98.6 cm³/mol. The van der Waals surface area contributed by atoms with Crippen molar-refractivity contribution in [1.29, 1.82) is 0 Å². The van der Waals surface area contributed by atoms with Crippen LogP contribution in [0.3, 0.4) is 0 Å². The van der Waals surface area contributed by atoms with Gasteiger partial charge < -0.3 is 4.40 Å². The van der Waals surface area contributed by atoms with E-state index in [0.29, 0.717) is 5.92 Å². The molecule has 0 radical (unpaired) electrons. The van der Waals surface area contributed by atoms with Crippen molar-refractivity contribution in [2.75, 3.05) is 0 Å². The SMILES string of the molecule is CC.CC(C)C.CC(C)c1c2ccccc2n2cccnc12. The topological polar surface area (TPSA) is 17.3 Å². The van der Waals surface area contributed by atoms with E-state index in [-0.39, 0.29) is 0 Å². The zero-order valence-electron chi connectivity index (χ0n) is 15.1. The van der Waals surface area contributed by atoms with Crippen molar-refractivity contribution in [3.05, 3.63) is 48.3 Å². The fourth-order valence-corrected chi connectivity index (χ4v) is 2.37. The molecule has 0 unspecified atom stereocenters. The van der Waals surface area contributed by atoms with Gasteiger partial charge in [0, 0.05) is 23.3 Å². The molecule has 120 valence electrons. The number of hydrogen-bond donors (Lipinski definition) is 0. The average molecular weight is 298 g/mol. The van der Waals surface area contributed by atoms with Crippen molar-refractivity contribution in [1.82, 2.24) is 9.38 Å². The van der Waals surface area contributed by atoms with Gasteiger partial charge in [0.15, 0.2) is 0 Å². The molecule has 0 N–H and O–H groups in total. The van der Waals surface area contributed by atoms with Gasteiger partial charge in [-0.1, -0.05) is 66.7 Å². The van der Waals surface area contributed by atoms with Crippen molar-refractivity contribution >= 4 is 16.6 Å². The van der Waals surface area contributed by atoms with Crippen molar-refractivity contribution in [2.24, 2.45) is 5.92 Å². The lowest BCUT2D eigenvalue weighted by atomic mass is 10.0. The van der Waals surface area contributed by atoms with Gasteiger partial charge in [0.25, 0.3) is 0 Å². The molecule has 2 heterocycles. The minimum absolute atomic E-state index is 0.491. The zero-order valence-corrected chi connectivity index (χ0v) is 15.1. The van der Waals surface area contributed by atoms with Gasteiger partial charge in [-0.25, -0.2) is 4.98 Å². The van der Waals surface area contributed by atoms with Gasteiger partial charge in [0.1, 0.15) is 5.65 Å². The molecule has 0 amide bonds. The normalized spacial score (nSPS) is 10.4. The molecule has 3 rings (SSSR count). The summed E-state index contributed by atoms with van der Waals surface area (Å²) in [6, 6.07) is 10.5. The molecule has 0 spiro atoms. The monoisotopic (exact) mass is 298 g/mol. The van der Waals surface area contributed by atoms with Crippen molar-refractivity contribution in [3.63, 3.8) is 0 Å². The first-order chi connectivity index (χ1) is 10.5. The number of fused-ring (bicyclic) bond motifs is 3. The van der Waals surface area contributed by atoms with Crippen LogP contribution in [0.15, 0.2) is 42.7 Å². The Morgan fingerprint density at radius 1 is 0.909 bits per heavy atom. The van der Waals surface area contributed by atoms with Crippen LogP contribution in [0.25, 0.3) is 16.6 Å². The van der Waals surface area contributed by atoms with E-state index in [4.69, 9.17) is 0 Å². The van der Waals surface area contributed by atoms with E-state index in [9.17, 15) is 0 Å². The van der Waals surface area contributed by atoms with E-state index < -0.39 is 0 Å². The van der Waals surface area contributed by atoms with Crippen LogP contribution in [0.2, 0.25) is 0 Å². The first-order valence-electron chi connectivity index (χ1n) is 8.36. The fraction of sp³-hybridized carbons (Fsp3) is 0.450. The van der Waals surface area contributed by atoms with Gasteiger partial charge in [0.2, 0.25) is 0 Å². The Balaban J connectivity index is 0.000000354. The van der Waals surface area contributed by atoms with E-state index >= 15 is 0 Å². The van der Waals surface area contributed by atoms with Crippen LogP contribution in [0, 0.1) is 5.92 Å². The molecular weight excluding hydrogens is 268 g/mol. The van der Waals surface area contributed by atoms with Gasteiger partial charge in [0.05, 0.1) is 5.52 Å². The van der Waals surface area contributed by atoms with Gasteiger partial charge in [-0.15, -0.1) is 0 Å². The van der Waals surface area contributed by atoms with E-state index in [0.717, 1.165) is 11.6 Å². The molecule has 1 aromatic carbocycles. The summed E-state index contributed by atoms with van der Waals surface area (Å²) in [6.07, 6.45) is 3.94. The molecular formula is C20H30N2. The van der Waals surface area contributed by atoms with Crippen LogP contribution in [0.1, 0.15) is 59.9 Å². The van der Waals surface area contributed by atoms with Crippen LogP contribution in [-0.4, -0.2) is 9.38 Å². The van der Waals surface area contributed by atoms with Gasteiger partial charge in [-0.3, -0.25) is 0 Å². The first-order valence-corrected chi connectivity index (χ1v) is 8.36. The number of hydrogen-bond acceptors (Lipinski definition) is 1. The van der Waals surface area contributed by atoms with Gasteiger partial charge >= 0.3 is 0 Å². The Morgan fingerprint density at radius 3 is 2.09 bits per heavy atom. The van der Waals surface area contributed by atoms with Crippen LogP contribution >= 0.6 is 0 Å². The summed E-state index contributed by atoms with van der Waals surface area (Å²) in [5.41, 5.74) is 3.67. The molecule has 2 nitrogen and oxygen atoms in total. The third-order valence-electron chi connectivity index (χ3n) is 3.02. The zero-order chi connectivity index (χ0) is 16.7. The highest BCUT2D eigenvalue weighted by molar-refractivity contribution is 5.91. The number of benzene rings is 1. The van der Waals surface area contributed by atoms with Gasteiger partial charge in [-0.2, -0.15) is 0 Å². The Labute approximate surface area is 135 Å². The highest BCUT2D eigenvalue weighted by Gasteiger charge is 2.14. The molecule has 2 aromatic heterocycles. The summed E-state index contributed by atoms with van der Waals surface area (Å²) in [6.45, 7) is 14.9. The maximum atomic E-state index is 4.50. The molecule has 0 aliphatic carbocycles. The molecule has 0 fully saturated rings. The van der Waals surface area contributed by atoms with Gasteiger partial charge in [-0.05, 0) is 24.0 Å². The fourth-order valence-electron chi connectivity index (χ4n) is 2.37. The van der Waals surface area contributed by atoms with Crippen molar-refractivity contribution < 1.29 is 0 Å². The van der Waals surface area contributed by atoms with Crippen molar-refractivity contribution in [3.8, 4) is 0 Å². The molecule has 22 heavy (non-hydrogen) atoms. The molecule has 0 aliphatic heterocycles. The predicted octanol–water partition coefficient (Wildman–Crippen LogP) is 6.30. The molecule has 0 bridgehead atoms. The third kappa shape index (κ3) is 4.09. The van der Waals surface area contributed by atoms with E-state index in [1.807, 2.05) is 26.1 Å². The Bertz CT molecular complexity index is 637. The summed E-state index contributed by atoms with van der Waals surface area (Å²) < 4.78 is 2.17. The lowest BCUT2D eigenvalue weighted by Gasteiger charge is -2.02. The summed E-state index contributed by atoms with van der Waals surface area (Å²) in [7, 11) is 0. The second-order valence-corrected chi connectivity index (χ2v) is 6.13. The second-order valence-electron chi connectivity index (χ2n) is 6.13. The molecule has 0 saturated carbocycles. The summed E-state index contributed by atoms with van der Waals surface area (Å²) in [5.74, 6) is 1.32. The molecule has 0 atom stereocenters. The lowest BCUT2D eigenvalue weighted by molar-refractivity contribution is 0.737. The van der Waals surface area contributed by atoms with E-state index in [2.05, 4.69) is 74.5 Å². The molecule has 0 saturated heterocycles. The minimum Gasteiger partial charge on any atom is -0.301 e. The number of aromatic nitrogens is 2. The maximum absolute atomic E-state index is 4.50. The number of nitrogens with zero attached hydrogens (tertiary/aromatic N) is 2. The lowest BCUT2D eigenvalue weighted by Crippen LogP contribution is -1.90. The van der Waals surface area contributed by atoms with E-state index in [1.165, 1.54) is 16.5 Å². The van der Waals surface area contributed by atoms with Crippen LogP contribution < -0.4 is 0 Å². The number of para-hydroxylation sites is 1. The largest absolute Gasteiger partial charge is 0.301 e. The summed E-state index contributed by atoms with van der Waals surface area (Å²) in [5, 5.41) is 1.32. The van der Waals surface area contributed by atoms with Crippen LogP contribution in [-0.2, 0) is 0 Å². The average Bonchev–Trinajstić information content (AvgIpc) is 2.83. The molecule has 2 heteroatoms. The van der Waals surface area contributed by atoms with Crippen LogP contribution in [0.4, 0.5) is 0 Å². The smallest absolute Gasteiger partial charge is 0.141 e. The Morgan fingerprint density at radius 2 is 1.50 bits per heavy atom. The first kappa shape index (κ1) is 18.2. The highest BCUT2D eigenvalue weighted by atomic mass is 15.0. The third-order valence-corrected chi connectivity index (χ3v) is 3.02. The second kappa shape index (κ2) is 8.57. The highest BCUT2D eigenvalue weighted by Crippen LogP contribution is 2.30. The quantitative estimate of drug-likeness (QED) is 0.515. The minimum atomic E-state index is 0.491. The summed E-state index contributed by atoms with van der Waals surface area (Å²) >= 11 is 0. The summed E-state index contributed by atoms with van der Waals surface area (Å²) in [4.78, 5) is 4.50. The van der Waals surface area contributed by atoms with Crippen molar-refractivity contribution in [2.45, 2.75) is 54.4 Å². The van der Waals surface area contributed by atoms with E-state index in [1.54, 1.807) is 0 Å². The Hall–Kier alpha value is -1.83.